The third kappa shape index (κ3) is 3.98. The van der Waals surface area contributed by atoms with E-state index in [4.69, 9.17) is 9.97 Å². The monoisotopic (exact) mass is 533 g/mol. The molecule has 0 bridgehead atoms. The molecule has 0 aliphatic heterocycles. The first-order valence-corrected chi connectivity index (χ1v) is 14.0. The van der Waals surface area contributed by atoms with Gasteiger partial charge in [-0.15, -0.1) is 0 Å². The number of benzene rings is 6. The predicted octanol–water partition coefficient (Wildman–Crippen LogP) is 9.96. The van der Waals surface area contributed by atoms with Crippen LogP contribution in [0.5, 0.6) is 0 Å². The topological polar surface area (TPSA) is 49.6 Å². The largest absolute Gasteiger partial charge is 0.253 e. The fraction of sp³-hybridized carbons (Fsp3) is 0. The maximum absolute atomic E-state index is 9.19. The lowest BCUT2D eigenvalue weighted by atomic mass is 9.91. The van der Waals surface area contributed by atoms with E-state index in [-0.39, 0.29) is 0 Å². The van der Waals surface area contributed by atoms with Crippen molar-refractivity contribution < 1.29 is 0 Å². The summed E-state index contributed by atoms with van der Waals surface area (Å²) in [5.41, 5.74) is 10.3. The molecule has 8 aromatic rings. The molecular weight excluding hydrogens is 510 g/mol. The Kier molecular flexibility index (Phi) is 5.52. The molecular formula is C39H23N3. The molecule has 6 aromatic carbocycles. The zero-order valence-corrected chi connectivity index (χ0v) is 22.6. The Bertz CT molecular complexity index is 2350. The zero-order chi connectivity index (χ0) is 28.0. The molecule has 0 fully saturated rings. The molecule has 3 heteroatoms. The van der Waals surface area contributed by atoms with Gasteiger partial charge in [-0.05, 0) is 68.9 Å². The van der Waals surface area contributed by atoms with Crippen molar-refractivity contribution in [2.24, 2.45) is 0 Å². The van der Waals surface area contributed by atoms with Crippen LogP contribution in [0.15, 0.2) is 140 Å². The van der Waals surface area contributed by atoms with Crippen molar-refractivity contribution in [2.45, 2.75) is 0 Å². The predicted molar refractivity (Wildman–Crippen MR) is 173 cm³/mol. The first-order valence-electron chi connectivity index (χ1n) is 14.0. The van der Waals surface area contributed by atoms with Crippen LogP contribution in [0.25, 0.3) is 76.9 Å². The number of pyridine rings is 2. The fourth-order valence-electron chi connectivity index (χ4n) is 5.96. The summed E-state index contributed by atoms with van der Waals surface area (Å²) in [5.74, 6) is 0. The van der Waals surface area contributed by atoms with Crippen LogP contribution in [0.4, 0.5) is 0 Å². The molecule has 42 heavy (non-hydrogen) atoms. The van der Waals surface area contributed by atoms with E-state index >= 15 is 0 Å². The molecule has 0 unspecified atom stereocenters. The number of rotatable bonds is 3. The van der Waals surface area contributed by atoms with E-state index in [9.17, 15) is 5.26 Å². The Morgan fingerprint density at radius 1 is 0.476 bits per heavy atom. The Morgan fingerprint density at radius 3 is 1.76 bits per heavy atom. The SMILES string of the molecule is N#Cc1ccc(-c2ccc(-c3ccc(-c4cnc5c(ccc6cc7ccccc7nc65)c4)cc3)c3ccccc23)cc1. The van der Waals surface area contributed by atoms with Crippen LogP contribution in [0.3, 0.4) is 0 Å². The van der Waals surface area contributed by atoms with Gasteiger partial charge in [0.05, 0.1) is 28.2 Å². The van der Waals surface area contributed by atoms with Crippen LogP contribution in [0.1, 0.15) is 5.56 Å². The second-order valence-electron chi connectivity index (χ2n) is 10.6. The van der Waals surface area contributed by atoms with Gasteiger partial charge < -0.3 is 0 Å². The van der Waals surface area contributed by atoms with Crippen molar-refractivity contribution in [1.82, 2.24) is 9.97 Å². The third-order valence-electron chi connectivity index (χ3n) is 8.12. The lowest BCUT2D eigenvalue weighted by Crippen LogP contribution is -1.89. The van der Waals surface area contributed by atoms with E-state index < -0.39 is 0 Å². The number of fused-ring (bicyclic) bond motifs is 5. The molecule has 2 heterocycles. The van der Waals surface area contributed by atoms with Crippen molar-refractivity contribution in [3.63, 3.8) is 0 Å². The summed E-state index contributed by atoms with van der Waals surface area (Å²) in [6.45, 7) is 0. The standard InChI is InChI=1S/C39H23N3/c40-23-25-9-11-27(12-10-25)33-19-20-34(36-7-3-2-6-35(33)36)28-15-13-26(14-16-28)32-22-30-17-18-31-21-29-5-1-4-8-37(29)42-39(31)38(30)41-24-32/h1-22,24H. The van der Waals surface area contributed by atoms with Crippen LogP contribution >= 0.6 is 0 Å². The number of para-hydroxylation sites is 1. The van der Waals surface area contributed by atoms with Crippen LogP contribution in [0.2, 0.25) is 0 Å². The molecule has 0 aliphatic rings. The van der Waals surface area contributed by atoms with E-state index in [0.717, 1.165) is 60.5 Å². The Balaban J connectivity index is 1.17. The minimum Gasteiger partial charge on any atom is -0.253 e. The average Bonchev–Trinajstić information content (AvgIpc) is 3.07. The number of hydrogen-bond acceptors (Lipinski definition) is 3. The lowest BCUT2D eigenvalue weighted by Gasteiger charge is -2.13. The summed E-state index contributed by atoms with van der Waals surface area (Å²) in [6, 6.07) is 48.5. The first kappa shape index (κ1) is 24.0. The molecule has 0 saturated heterocycles. The van der Waals surface area contributed by atoms with Gasteiger partial charge in [-0.1, -0.05) is 103 Å². The van der Waals surface area contributed by atoms with Gasteiger partial charge in [0, 0.05) is 27.9 Å². The summed E-state index contributed by atoms with van der Waals surface area (Å²) < 4.78 is 0. The van der Waals surface area contributed by atoms with Gasteiger partial charge in [0.15, 0.2) is 0 Å². The summed E-state index contributed by atoms with van der Waals surface area (Å²) in [4.78, 5) is 9.82. The van der Waals surface area contributed by atoms with Gasteiger partial charge in [-0.3, -0.25) is 4.98 Å². The van der Waals surface area contributed by atoms with Gasteiger partial charge in [-0.2, -0.15) is 5.26 Å². The fourth-order valence-corrected chi connectivity index (χ4v) is 5.96. The number of nitrogens with zero attached hydrogens (tertiary/aromatic N) is 3. The molecule has 3 nitrogen and oxygen atoms in total. The molecule has 194 valence electrons. The Morgan fingerprint density at radius 2 is 1.07 bits per heavy atom. The highest BCUT2D eigenvalue weighted by atomic mass is 14.7. The van der Waals surface area contributed by atoms with Crippen molar-refractivity contribution >= 4 is 43.5 Å². The van der Waals surface area contributed by atoms with Gasteiger partial charge in [0.2, 0.25) is 0 Å². The maximum Gasteiger partial charge on any atom is 0.0991 e. The smallest absolute Gasteiger partial charge is 0.0991 e. The molecule has 0 amide bonds. The lowest BCUT2D eigenvalue weighted by molar-refractivity contribution is 1.40. The highest BCUT2D eigenvalue weighted by molar-refractivity contribution is 6.07. The molecule has 0 aliphatic carbocycles. The van der Waals surface area contributed by atoms with Crippen LogP contribution in [-0.2, 0) is 0 Å². The number of aromatic nitrogens is 2. The minimum atomic E-state index is 0.667. The van der Waals surface area contributed by atoms with Gasteiger partial charge in [0.25, 0.3) is 0 Å². The quantitative estimate of drug-likeness (QED) is 0.168. The molecule has 0 spiro atoms. The van der Waals surface area contributed by atoms with Crippen molar-refractivity contribution in [3.8, 4) is 39.4 Å². The van der Waals surface area contributed by atoms with Gasteiger partial charge in [-0.25, -0.2) is 4.98 Å². The first-order chi connectivity index (χ1) is 20.7. The molecule has 0 atom stereocenters. The molecule has 2 aromatic heterocycles. The summed E-state index contributed by atoms with van der Waals surface area (Å²) >= 11 is 0. The second-order valence-corrected chi connectivity index (χ2v) is 10.6. The highest BCUT2D eigenvalue weighted by Gasteiger charge is 2.11. The van der Waals surface area contributed by atoms with Crippen molar-refractivity contribution in [1.29, 1.82) is 5.26 Å². The molecule has 0 radical (unpaired) electrons. The number of hydrogen-bond donors (Lipinski definition) is 0. The van der Waals surface area contributed by atoms with Crippen LogP contribution < -0.4 is 0 Å². The third-order valence-corrected chi connectivity index (χ3v) is 8.12. The minimum absolute atomic E-state index is 0.667. The molecule has 0 N–H and O–H groups in total. The number of nitriles is 1. The summed E-state index contributed by atoms with van der Waals surface area (Å²) in [6.07, 6.45) is 1.95. The van der Waals surface area contributed by atoms with Crippen molar-refractivity contribution in [2.75, 3.05) is 0 Å². The van der Waals surface area contributed by atoms with E-state index in [0.29, 0.717) is 5.56 Å². The Hall–Kier alpha value is -5.85. The summed E-state index contributed by atoms with van der Waals surface area (Å²) in [7, 11) is 0. The maximum atomic E-state index is 9.19. The van der Waals surface area contributed by atoms with E-state index in [1.165, 1.54) is 16.3 Å². The summed E-state index contributed by atoms with van der Waals surface area (Å²) in [5, 5.41) is 14.9. The van der Waals surface area contributed by atoms with E-state index in [1.54, 1.807) is 0 Å². The normalized spacial score (nSPS) is 11.3. The Labute approximate surface area is 243 Å². The molecule has 0 saturated carbocycles. The highest BCUT2D eigenvalue weighted by Crippen LogP contribution is 2.37. The van der Waals surface area contributed by atoms with Gasteiger partial charge in [0.1, 0.15) is 0 Å². The molecule has 8 rings (SSSR count). The van der Waals surface area contributed by atoms with E-state index in [2.05, 4.69) is 97.1 Å². The second kappa shape index (κ2) is 9.66. The zero-order valence-electron chi connectivity index (χ0n) is 22.6. The average molecular weight is 534 g/mol. The van der Waals surface area contributed by atoms with Gasteiger partial charge >= 0.3 is 0 Å². The van der Waals surface area contributed by atoms with Crippen molar-refractivity contribution in [3.05, 3.63) is 145 Å². The van der Waals surface area contributed by atoms with Crippen LogP contribution in [-0.4, -0.2) is 9.97 Å². The van der Waals surface area contributed by atoms with Crippen LogP contribution in [0, 0.1) is 11.3 Å². The van der Waals surface area contributed by atoms with E-state index in [1.807, 2.05) is 48.7 Å².